The van der Waals surface area contributed by atoms with E-state index in [0.29, 0.717) is 10.1 Å². The van der Waals surface area contributed by atoms with Gasteiger partial charge in [-0.2, -0.15) is 0 Å². The van der Waals surface area contributed by atoms with Gasteiger partial charge in [-0.1, -0.05) is 71.9 Å². The second-order valence-electron chi connectivity index (χ2n) is 6.52. The van der Waals surface area contributed by atoms with Crippen LogP contribution in [0.3, 0.4) is 0 Å². The van der Waals surface area contributed by atoms with Crippen molar-refractivity contribution in [3.8, 4) is 0 Å². The number of rotatable bonds is 1. The fraction of sp³-hybridized carbons (Fsp3) is 0.571. The van der Waals surface area contributed by atoms with E-state index < -0.39 is 6.69 Å². The lowest BCUT2D eigenvalue weighted by Crippen LogP contribution is -2.56. The number of halogens is 1. The molecule has 0 amide bonds. The summed E-state index contributed by atoms with van der Waals surface area (Å²) in [6.07, 6.45) is 0. The Morgan fingerprint density at radius 3 is 1.50 bits per heavy atom. The van der Waals surface area contributed by atoms with Crippen molar-refractivity contribution in [1.29, 1.82) is 0 Å². The number of hydrogen-bond donors (Lipinski definition) is 0. The van der Waals surface area contributed by atoms with Gasteiger partial charge < -0.3 is 0 Å². The molecule has 0 aliphatic heterocycles. The predicted molar refractivity (Wildman–Crippen MR) is 80.2 cm³/mol. The van der Waals surface area contributed by atoms with E-state index in [9.17, 15) is 0 Å². The minimum Gasteiger partial charge on any atom is -0.119 e. The Kier molecular flexibility index (Phi) is 3.76. The lowest BCUT2D eigenvalue weighted by Gasteiger charge is -2.47. The molecule has 90 valence electrons. The van der Waals surface area contributed by atoms with Crippen molar-refractivity contribution in [2.45, 2.75) is 51.6 Å². The van der Waals surface area contributed by atoms with Crippen molar-refractivity contribution in [2.24, 2.45) is 0 Å². The highest BCUT2D eigenvalue weighted by Gasteiger charge is 2.52. The Bertz CT molecular complexity index is 329. The first kappa shape index (κ1) is 14.0. The zero-order valence-electron chi connectivity index (χ0n) is 11.3. The molecule has 0 saturated heterocycles. The van der Waals surface area contributed by atoms with Crippen LogP contribution in [-0.2, 0) is 0 Å². The summed E-state index contributed by atoms with van der Waals surface area (Å²) >= 11 is 4.17. The molecule has 0 N–H and O–H groups in total. The molecule has 2 heteroatoms. The first-order valence-corrected chi connectivity index (χ1v) is 10.1. The van der Waals surface area contributed by atoms with Gasteiger partial charge in [0, 0.05) is 0 Å². The zero-order chi connectivity index (χ0) is 12.6. The third-order valence-electron chi connectivity index (χ3n) is 3.24. The average Bonchev–Trinajstić information content (AvgIpc) is 2.14. The van der Waals surface area contributed by atoms with Crippen molar-refractivity contribution in [3.63, 3.8) is 0 Å². The van der Waals surface area contributed by atoms with Gasteiger partial charge in [-0.05, 0) is 15.3 Å². The van der Waals surface area contributed by atoms with E-state index >= 15 is 0 Å². The van der Waals surface area contributed by atoms with E-state index in [1.165, 1.54) is 5.19 Å². The minimum atomic E-state index is -1.72. The molecule has 0 fully saturated rings. The van der Waals surface area contributed by atoms with Crippen LogP contribution in [0.1, 0.15) is 41.5 Å². The smallest absolute Gasteiger partial charge is 0.119 e. The van der Waals surface area contributed by atoms with E-state index in [4.69, 9.17) is 0 Å². The van der Waals surface area contributed by atoms with Crippen LogP contribution in [0.15, 0.2) is 30.3 Å². The van der Waals surface area contributed by atoms with Crippen LogP contribution in [0.4, 0.5) is 0 Å². The Balaban J connectivity index is 3.39. The third-order valence-corrected chi connectivity index (χ3v) is 17.0. The first-order valence-electron chi connectivity index (χ1n) is 5.85. The van der Waals surface area contributed by atoms with Crippen molar-refractivity contribution < 1.29 is 0 Å². The van der Waals surface area contributed by atoms with E-state index in [1.807, 2.05) is 0 Å². The molecule has 0 bridgehead atoms. The Labute approximate surface area is 109 Å². The second-order valence-corrected chi connectivity index (χ2v) is 15.0. The summed E-state index contributed by atoms with van der Waals surface area (Å²) in [7, 11) is 0. The van der Waals surface area contributed by atoms with Crippen LogP contribution in [0.2, 0.25) is 10.1 Å². The highest BCUT2D eigenvalue weighted by molar-refractivity contribution is 9.26. The highest BCUT2D eigenvalue weighted by atomic mass is 79.9. The maximum absolute atomic E-state index is 4.17. The van der Waals surface area contributed by atoms with Crippen LogP contribution < -0.4 is 5.19 Å². The molecule has 16 heavy (non-hydrogen) atoms. The van der Waals surface area contributed by atoms with E-state index in [0.717, 1.165) is 0 Å². The zero-order valence-corrected chi connectivity index (χ0v) is 13.9. The molecule has 0 nitrogen and oxygen atoms in total. The first-order chi connectivity index (χ1) is 7.11. The Morgan fingerprint density at radius 1 is 0.812 bits per heavy atom. The Hall–Kier alpha value is -0.0831. The largest absolute Gasteiger partial charge is 0.171 e. The molecule has 1 rings (SSSR count). The highest BCUT2D eigenvalue weighted by Crippen LogP contribution is 2.53. The van der Waals surface area contributed by atoms with Gasteiger partial charge in [0.1, 0.15) is 0 Å². The molecule has 0 heterocycles. The van der Waals surface area contributed by atoms with Gasteiger partial charge in [-0.25, -0.2) is 0 Å². The van der Waals surface area contributed by atoms with E-state index in [1.54, 1.807) is 0 Å². The Morgan fingerprint density at radius 2 is 1.19 bits per heavy atom. The maximum Gasteiger partial charge on any atom is 0.171 e. The normalized spacial score (nSPS) is 13.9. The van der Waals surface area contributed by atoms with Gasteiger partial charge in [-0.15, -0.1) is 15.3 Å². The van der Waals surface area contributed by atoms with Crippen molar-refractivity contribution >= 4 is 27.2 Å². The molecule has 0 radical (unpaired) electrons. The summed E-state index contributed by atoms with van der Waals surface area (Å²) < 4.78 is 0. The predicted octanol–water partition coefficient (Wildman–Crippen LogP) is 4.83. The van der Waals surface area contributed by atoms with Crippen molar-refractivity contribution in [1.82, 2.24) is 0 Å². The standard InChI is InChI=1S/C14H23BrSi/c1-13(2,3)16(15,14(4,5)6)12-10-8-7-9-11-12/h7-11H,1-6H3. The fourth-order valence-electron chi connectivity index (χ4n) is 2.66. The van der Waals surface area contributed by atoms with Crippen LogP contribution in [0.25, 0.3) is 0 Å². The minimum absolute atomic E-state index is 0.298. The lowest BCUT2D eigenvalue weighted by atomic mass is 10.2. The van der Waals surface area contributed by atoms with Gasteiger partial charge in [0.15, 0.2) is 6.69 Å². The van der Waals surface area contributed by atoms with Gasteiger partial charge in [0.05, 0.1) is 0 Å². The van der Waals surface area contributed by atoms with E-state index in [2.05, 4.69) is 87.2 Å². The summed E-state index contributed by atoms with van der Waals surface area (Å²) in [5, 5.41) is 2.09. The molecule has 0 saturated carbocycles. The molecule has 0 aliphatic carbocycles. The third kappa shape index (κ3) is 2.28. The average molecular weight is 299 g/mol. The monoisotopic (exact) mass is 298 g/mol. The fourth-order valence-corrected chi connectivity index (χ4v) is 8.09. The summed E-state index contributed by atoms with van der Waals surface area (Å²) in [4.78, 5) is 0. The van der Waals surface area contributed by atoms with Crippen LogP contribution in [-0.4, -0.2) is 6.69 Å². The SMILES string of the molecule is CC(C)(C)[Si](Br)(c1ccccc1)C(C)(C)C. The second kappa shape index (κ2) is 4.30. The topological polar surface area (TPSA) is 0 Å². The molecule has 0 spiro atoms. The molecule has 1 aromatic carbocycles. The molecule has 0 aromatic heterocycles. The molecule has 1 aromatic rings. The number of benzene rings is 1. The van der Waals surface area contributed by atoms with Crippen LogP contribution >= 0.6 is 15.3 Å². The molecule has 0 unspecified atom stereocenters. The lowest BCUT2D eigenvalue weighted by molar-refractivity contribution is 0.648. The summed E-state index contributed by atoms with van der Waals surface area (Å²) in [5.74, 6) is 0. The summed E-state index contributed by atoms with van der Waals surface area (Å²) in [6.45, 7) is 12.4. The van der Waals surface area contributed by atoms with Gasteiger partial charge in [0.2, 0.25) is 0 Å². The molecular formula is C14H23BrSi. The molecule has 0 aliphatic rings. The van der Waals surface area contributed by atoms with Crippen molar-refractivity contribution in [2.75, 3.05) is 0 Å². The van der Waals surface area contributed by atoms with Gasteiger partial charge in [-0.3, -0.25) is 0 Å². The van der Waals surface area contributed by atoms with E-state index in [-0.39, 0.29) is 0 Å². The number of hydrogen-bond acceptors (Lipinski definition) is 0. The molecule has 0 atom stereocenters. The maximum atomic E-state index is 4.17. The van der Waals surface area contributed by atoms with Gasteiger partial charge in [0.25, 0.3) is 0 Å². The van der Waals surface area contributed by atoms with Crippen LogP contribution in [0.5, 0.6) is 0 Å². The summed E-state index contributed by atoms with van der Waals surface area (Å²) in [5.41, 5.74) is 0. The molecular weight excluding hydrogens is 276 g/mol. The van der Waals surface area contributed by atoms with Crippen molar-refractivity contribution in [3.05, 3.63) is 30.3 Å². The summed E-state index contributed by atoms with van der Waals surface area (Å²) in [6, 6.07) is 10.9. The quantitative estimate of drug-likeness (QED) is 0.514. The van der Waals surface area contributed by atoms with Crippen LogP contribution in [0, 0.1) is 0 Å². The van der Waals surface area contributed by atoms with Gasteiger partial charge >= 0.3 is 0 Å².